The third-order valence-electron chi connectivity index (χ3n) is 3.27. The predicted molar refractivity (Wildman–Crippen MR) is 86.2 cm³/mol. The molecule has 20 heavy (non-hydrogen) atoms. The molecule has 1 aromatic carbocycles. The molecule has 0 fully saturated rings. The minimum atomic E-state index is 0.971. The first-order valence-electron chi connectivity index (χ1n) is 7.42. The van der Waals surface area contributed by atoms with Gasteiger partial charge in [-0.05, 0) is 24.3 Å². The molecule has 0 bridgehead atoms. The van der Waals surface area contributed by atoms with E-state index in [0.717, 1.165) is 30.2 Å². The summed E-state index contributed by atoms with van der Waals surface area (Å²) >= 11 is 1.86. The molecule has 0 saturated heterocycles. The molecule has 0 heterocycles. The Morgan fingerprint density at radius 2 is 1.85 bits per heavy atom. The lowest BCUT2D eigenvalue weighted by atomic mass is 10.1. The van der Waals surface area contributed by atoms with Crippen LogP contribution < -0.4 is 14.8 Å². The van der Waals surface area contributed by atoms with Crippen LogP contribution in [0.15, 0.2) is 17.0 Å². The number of hydrogen-bond acceptors (Lipinski definition) is 3. The average Bonchev–Trinajstić information content (AvgIpc) is 2.49. The van der Waals surface area contributed by atoms with E-state index >= 15 is 0 Å². The molecule has 0 aliphatic heterocycles. The van der Waals surface area contributed by atoms with Gasteiger partial charge >= 0.3 is 0 Å². The van der Waals surface area contributed by atoms with Crippen LogP contribution in [-0.2, 0) is 6.42 Å². The van der Waals surface area contributed by atoms with E-state index in [4.69, 9.17) is 9.47 Å². The zero-order chi connectivity index (χ0) is 14.8. The van der Waals surface area contributed by atoms with E-state index < -0.39 is 0 Å². The summed E-state index contributed by atoms with van der Waals surface area (Å²) in [5.41, 5.74) is 1.22. The number of ether oxygens (including phenoxy) is 2. The summed E-state index contributed by atoms with van der Waals surface area (Å²) in [6.45, 7) is 3.29. The van der Waals surface area contributed by atoms with Crippen molar-refractivity contribution in [1.82, 2.24) is 0 Å². The van der Waals surface area contributed by atoms with Gasteiger partial charge in [-0.3, -0.25) is 0 Å². The normalized spacial score (nSPS) is 10.6. The second-order valence-electron chi connectivity index (χ2n) is 4.82. The SMILES string of the molecule is CCCCCSc1cc(OC)c(CC[NH2+]C)cc1OC. The van der Waals surface area contributed by atoms with Crippen LogP contribution in [0.2, 0.25) is 0 Å². The van der Waals surface area contributed by atoms with Crippen LogP contribution in [0.3, 0.4) is 0 Å². The summed E-state index contributed by atoms with van der Waals surface area (Å²) in [7, 11) is 5.57. The van der Waals surface area contributed by atoms with E-state index in [2.05, 4.69) is 31.4 Å². The Kier molecular flexibility index (Phi) is 8.54. The molecule has 114 valence electrons. The van der Waals surface area contributed by atoms with Crippen LogP contribution in [-0.4, -0.2) is 33.6 Å². The highest BCUT2D eigenvalue weighted by Gasteiger charge is 2.12. The number of thioether (sulfide) groups is 1. The molecule has 0 unspecified atom stereocenters. The molecule has 0 radical (unpaired) electrons. The number of nitrogens with two attached hydrogens (primary N) is 1. The molecule has 1 rings (SSSR count). The highest BCUT2D eigenvalue weighted by molar-refractivity contribution is 7.99. The number of hydrogen-bond donors (Lipinski definition) is 1. The molecule has 0 atom stereocenters. The highest BCUT2D eigenvalue weighted by atomic mass is 32.2. The Labute approximate surface area is 127 Å². The van der Waals surface area contributed by atoms with Gasteiger partial charge in [0, 0.05) is 12.0 Å². The van der Waals surface area contributed by atoms with Crippen LogP contribution in [0.4, 0.5) is 0 Å². The Morgan fingerprint density at radius 1 is 1.10 bits per heavy atom. The van der Waals surface area contributed by atoms with Crippen molar-refractivity contribution in [3.63, 3.8) is 0 Å². The Hall–Kier alpha value is -0.870. The lowest BCUT2D eigenvalue weighted by Gasteiger charge is -2.14. The van der Waals surface area contributed by atoms with E-state index in [-0.39, 0.29) is 0 Å². The largest absolute Gasteiger partial charge is 0.496 e. The summed E-state index contributed by atoms with van der Waals surface area (Å²) < 4.78 is 11.1. The molecule has 0 aliphatic carbocycles. The Balaban J connectivity index is 2.82. The predicted octanol–water partition coefficient (Wildman–Crippen LogP) is 2.72. The lowest BCUT2D eigenvalue weighted by Crippen LogP contribution is -2.80. The minimum absolute atomic E-state index is 0.971. The first-order chi connectivity index (χ1) is 9.76. The third kappa shape index (κ3) is 5.25. The minimum Gasteiger partial charge on any atom is -0.496 e. The topological polar surface area (TPSA) is 35.1 Å². The van der Waals surface area contributed by atoms with Gasteiger partial charge in [-0.25, -0.2) is 0 Å². The van der Waals surface area contributed by atoms with E-state index in [9.17, 15) is 0 Å². The van der Waals surface area contributed by atoms with E-state index in [0.29, 0.717) is 0 Å². The zero-order valence-electron chi connectivity index (χ0n) is 13.2. The number of methoxy groups -OCH3 is 2. The first kappa shape index (κ1) is 17.2. The fourth-order valence-corrected chi connectivity index (χ4v) is 3.12. The summed E-state index contributed by atoms with van der Waals surface area (Å²) in [6, 6.07) is 4.25. The number of rotatable bonds is 10. The molecule has 3 nitrogen and oxygen atoms in total. The van der Waals surface area contributed by atoms with Crippen molar-refractivity contribution < 1.29 is 14.8 Å². The van der Waals surface area contributed by atoms with Gasteiger partial charge in [0.25, 0.3) is 0 Å². The molecule has 0 spiro atoms. The fourth-order valence-electron chi connectivity index (χ4n) is 2.08. The standard InChI is InChI=1S/C16H27NO2S/c1-5-6-7-10-20-16-12-14(18-3)13(8-9-17-2)11-15(16)19-4/h11-12,17H,5-10H2,1-4H3/p+1. The van der Waals surface area contributed by atoms with Crippen molar-refractivity contribution in [3.8, 4) is 11.5 Å². The summed E-state index contributed by atoms with van der Waals surface area (Å²) in [5.74, 6) is 3.08. The summed E-state index contributed by atoms with van der Waals surface area (Å²) in [5, 5.41) is 2.18. The van der Waals surface area contributed by atoms with Gasteiger partial charge in [0.1, 0.15) is 11.5 Å². The van der Waals surface area contributed by atoms with Crippen LogP contribution in [0.1, 0.15) is 31.7 Å². The maximum Gasteiger partial charge on any atom is 0.132 e. The second-order valence-corrected chi connectivity index (χ2v) is 5.95. The molecule has 0 aliphatic rings. The molecule has 4 heteroatoms. The number of quaternary nitrogens is 1. The maximum atomic E-state index is 5.54. The molecule has 0 amide bonds. The van der Waals surface area contributed by atoms with E-state index in [1.165, 1.54) is 29.7 Å². The van der Waals surface area contributed by atoms with Crippen LogP contribution >= 0.6 is 11.8 Å². The molecule has 0 saturated carbocycles. The van der Waals surface area contributed by atoms with Crippen molar-refractivity contribution in [2.24, 2.45) is 0 Å². The number of benzene rings is 1. The average molecular weight is 298 g/mol. The summed E-state index contributed by atoms with van der Waals surface area (Å²) in [6.07, 6.45) is 4.79. The van der Waals surface area contributed by atoms with E-state index in [1.54, 1.807) is 14.2 Å². The van der Waals surface area contributed by atoms with Gasteiger partial charge in [-0.15, -0.1) is 11.8 Å². The molecular weight excluding hydrogens is 270 g/mol. The quantitative estimate of drug-likeness (QED) is 0.533. The monoisotopic (exact) mass is 298 g/mol. The zero-order valence-corrected chi connectivity index (χ0v) is 14.0. The maximum absolute atomic E-state index is 5.54. The molecule has 2 N–H and O–H groups in total. The van der Waals surface area contributed by atoms with Crippen LogP contribution in [0, 0.1) is 0 Å². The lowest BCUT2D eigenvalue weighted by molar-refractivity contribution is -0.626. The van der Waals surface area contributed by atoms with Gasteiger partial charge in [-0.1, -0.05) is 19.8 Å². The van der Waals surface area contributed by atoms with Gasteiger partial charge < -0.3 is 14.8 Å². The number of unbranched alkanes of at least 4 members (excludes halogenated alkanes) is 2. The van der Waals surface area contributed by atoms with Crippen molar-refractivity contribution in [1.29, 1.82) is 0 Å². The molecular formula is C16H28NO2S+. The Morgan fingerprint density at radius 3 is 2.45 bits per heavy atom. The number of likely N-dealkylation sites (N-methyl/N-ethyl adjacent to an activating group) is 1. The van der Waals surface area contributed by atoms with Crippen molar-refractivity contribution >= 4 is 11.8 Å². The Bertz CT molecular complexity index is 396. The fraction of sp³-hybridized carbons (Fsp3) is 0.625. The van der Waals surface area contributed by atoms with Gasteiger partial charge in [-0.2, -0.15) is 0 Å². The van der Waals surface area contributed by atoms with Crippen molar-refractivity contribution in [2.45, 2.75) is 37.5 Å². The summed E-state index contributed by atoms with van der Waals surface area (Å²) in [4.78, 5) is 1.18. The highest BCUT2D eigenvalue weighted by Crippen LogP contribution is 2.36. The van der Waals surface area contributed by atoms with Crippen LogP contribution in [0.5, 0.6) is 11.5 Å². The van der Waals surface area contributed by atoms with Crippen molar-refractivity contribution in [2.75, 3.05) is 33.6 Å². The van der Waals surface area contributed by atoms with Gasteiger partial charge in [0.05, 0.1) is 32.7 Å². The smallest absolute Gasteiger partial charge is 0.132 e. The first-order valence-corrected chi connectivity index (χ1v) is 8.40. The molecule has 0 aromatic heterocycles. The van der Waals surface area contributed by atoms with E-state index in [1.807, 2.05) is 11.8 Å². The van der Waals surface area contributed by atoms with Gasteiger partial charge in [0.2, 0.25) is 0 Å². The van der Waals surface area contributed by atoms with Gasteiger partial charge in [0.15, 0.2) is 0 Å². The molecule has 1 aromatic rings. The van der Waals surface area contributed by atoms with Crippen LogP contribution in [0.25, 0.3) is 0 Å². The van der Waals surface area contributed by atoms with Crippen molar-refractivity contribution in [3.05, 3.63) is 17.7 Å². The third-order valence-corrected chi connectivity index (χ3v) is 4.40. The second kappa shape index (κ2) is 9.94.